The highest BCUT2D eigenvalue weighted by atomic mass is 127. The van der Waals surface area contributed by atoms with E-state index in [0.717, 1.165) is 31.1 Å². The summed E-state index contributed by atoms with van der Waals surface area (Å²) in [6.07, 6.45) is 1.05. The van der Waals surface area contributed by atoms with E-state index in [-0.39, 0.29) is 0 Å². The molecule has 0 amide bonds. The number of allylic oxidation sites excluding steroid dienone is 1. The van der Waals surface area contributed by atoms with E-state index in [0.29, 0.717) is 5.92 Å². The molecular formula is C20H19INS2+. The first-order valence-electron chi connectivity index (χ1n) is 7.65. The number of para-hydroxylation sites is 1. The van der Waals surface area contributed by atoms with Crippen molar-refractivity contribution >= 4 is 52.2 Å². The molecule has 0 aliphatic carbocycles. The quantitative estimate of drug-likeness (QED) is 0.283. The van der Waals surface area contributed by atoms with Gasteiger partial charge in [-0.25, -0.2) is 0 Å². The number of halogens is 1. The summed E-state index contributed by atoms with van der Waals surface area (Å²) in [5.41, 5.74) is 2.22. The maximum atomic E-state index is 3.46. The molecule has 2 aromatic rings. The molecule has 1 heterocycles. The molecule has 0 aliphatic heterocycles. The fourth-order valence-electron chi connectivity index (χ4n) is 1.98. The van der Waals surface area contributed by atoms with Gasteiger partial charge in [0.2, 0.25) is 0 Å². The Morgan fingerprint density at radius 3 is 2.46 bits per heavy atom. The maximum Gasteiger partial charge on any atom is 0.153 e. The first-order valence-corrected chi connectivity index (χ1v) is 10.0. The molecule has 0 saturated carbocycles. The van der Waals surface area contributed by atoms with Gasteiger partial charge in [0.25, 0.3) is 0 Å². The van der Waals surface area contributed by atoms with Crippen LogP contribution in [-0.4, -0.2) is 0 Å². The standard InChI is InChI=1S/C20H18INS2/c1-3-15(2)19(20(21)22-16-7-5-4-6-8-16)12-11-17-9-10-18(24-17)13-14-23/h4-10,15,22-23H,3H2,1-2H3/p+1/b20-19+. The molecule has 0 saturated heterocycles. The molecule has 1 unspecified atom stereocenters. The minimum Gasteiger partial charge on any atom is -0.350 e. The van der Waals surface area contributed by atoms with E-state index >= 15 is 0 Å². The van der Waals surface area contributed by atoms with E-state index in [1.807, 2.05) is 30.3 Å². The molecule has 1 aromatic carbocycles. The topological polar surface area (TPSA) is 12.0 Å². The summed E-state index contributed by atoms with van der Waals surface area (Å²) in [6, 6.07) is 14.2. The van der Waals surface area contributed by atoms with Gasteiger partial charge in [-0.15, -0.1) is 11.3 Å². The molecule has 0 radical (unpaired) electrons. The summed E-state index contributed by atoms with van der Waals surface area (Å²) in [5, 5.41) is 6.19. The Labute approximate surface area is 167 Å². The van der Waals surface area contributed by atoms with E-state index in [1.54, 1.807) is 11.3 Å². The summed E-state index contributed by atoms with van der Waals surface area (Å²) in [5.74, 6) is 10.1. The molecule has 0 bridgehead atoms. The van der Waals surface area contributed by atoms with Crippen molar-refractivity contribution in [3.63, 3.8) is 0 Å². The zero-order valence-corrected chi connectivity index (χ0v) is 17.6. The minimum atomic E-state index is 0.405. The summed E-state index contributed by atoms with van der Waals surface area (Å²) in [6.45, 7) is 4.40. The number of rotatable bonds is 4. The first-order chi connectivity index (χ1) is 11.6. The van der Waals surface area contributed by atoms with Gasteiger partial charge in [0.05, 0.1) is 13.5 Å². The second-order valence-corrected chi connectivity index (χ2v) is 7.60. The lowest BCUT2D eigenvalue weighted by Crippen LogP contribution is -2.03. The van der Waals surface area contributed by atoms with Crippen LogP contribution in [-0.2, 0) is 12.6 Å². The summed E-state index contributed by atoms with van der Waals surface area (Å²) < 4.78 is 1.08. The van der Waals surface area contributed by atoms with Gasteiger partial charge in [-0.05, 0) is 59.2 Å². The Morgan fingerprint density at radius 2 is 1.83 bits per heavy atom. The Bertz CT molecular complexity index is 829. The fraction of sp³-hybridized carbons (Fsp3) is 0.200. The summed E-state index contributed by atoms with van der Waals surface area (Å²) in [4.78, 5) is 2.05. The lowest BCUT2D eigenvalue weighted by molar-refractivity contribution is 0.673. The molecule has 0 fully saturated rings. The number of anilines is 1. The Hall–Kier alpha value is -1.34. The van der Waals surface area contributed by atoms with Crippen molar-refractivity contribution in [1.29, 1.82) is 0 Å². The molecule has 1 aromatic heterocycles. The van der Waals surface area contributed by atoms with Gasteiger partial charge in [-0.3, -0.25) is 0 Å². The highest BCUT2D eigenvalue weighted by molar-refractivity contribution is 14.1. The van der Waals surface area contributed by atoms with Crippen molar-refractivity contribution < 1.29 is 0 Å². The van der Waals surface area contributed by atoms with Crippen molar-refractivity contribution in [2.75, 3.05) is 5.32 Å². The molecule has 2 rings (SSSR count). The molecular weight excluding hydrogens is 445 g/mol. The molecule has 0 spiro atoms. The normalized spacial score (nSPS) is 12.2. The second-order valence-electron chi connectivity index (χ2n) is 5.19. The number of hydrogen-bond acceptors (Lipinski definition) is 2. The van der Waals surface area contributed by atoms with Crippen molar-refractivity contribution in [3.8, 4) is 23.0 Å². The number of thiophene rings is 1. The Morgan fingerprint density at radius 1 is 1.17 bits per heavy atom. The van der Waals surface area contributed by atoms with Gasteiger partial charge in [0.1, 0.15) is 0 Å². The van der Waals surface area contributed by atoms with Gasteiger partial charge in [0.15, 0.2) is 5.25 Å². The van der Waals surface area contributed by atoms with Crippen LogP contribution in [0, 0.1) is 28.9 Å². The largest absolute Gasteiger partial charge is 0.350 e. The van der Waals surface area contributed by atoms with Crippen molar-refractivity contribution in [3.05, 3.63) is 61.5 Å². The third-order valence-electron chi connectivity index (χ3n) is 3.48. The number of nitrogens with one attached hydrogen (secondary N) is 1. The molecule has 0 aliphatic rings. The van der Waals surface area contributed by atoms with Crippen LogP contribution in [0.3, 0.4) is 0 Å². The average Bonchev–Trinajstić information content (AvgIpc) is 3.03. The number of benzene rings is 1. The smallest absolute Gasteiger partial charge is 0.153 e. The minimum absolute atomic E-state index is 0.405. The summed E-state index contributed by atoms with van der Waals surface area (Å²) >= 11 is 7.13. The third-order valence-corrected chi connectivity index (χ3v) is 5.37. The molecule has 1 atom stereocenters. The van der Waals surface area contributed by atoms with E-state index in [4.69, 9.17) is 0 Å². The number of hydrogen-bond donors (Lipinski definition) is 1. The van der Waals surface area contributed by atoms with E-state index < -0.39 is 0 Å². The van der Waals surface area contributed by atoms with Crippen LogP contribution < -0.4 is 5.32 Å². The second kappa shape index (κ2) is 9.84. The van der Waals surface area contributed by atoms with Crippen LogP contribution in [0.25, 0.3) is 0 Å². The van der Waals surface area contributed by atoms with Gasteiger partial charge in [-0.1, -0.05) is 43.9 Å². The molecule has 122 valence electrons. The van der Waals surface area contributed by atoms with Gasteiger partial charge < -0.3 is 5.32 Å². The van der Waals surface area contributed by atoms with E-state index in [1.165, 1.54) is 0 Å². The maximum absolute atomic E-state index is 3.46. The van der Waals surface area contributed by atoms with Gasteiger partial charge in [0, 0.05) is 29.8 Å². The molecule has 1 nitrogen and oxygen atoms in total. The van der Waals surface area contributed by atoms with E-state index in [2.05, 4.69) is 89.5 Å². The SMILES string of the molecule is CCC(C)/C(C#Cc1ccc(C#C[SH2+])s1)=C(\I)Nc1ccccc1. The van der Waals surface area contributed by atoms with Gasteiger partial charge >= 0.3 is 0 Å². The van der Waals surface area contributed by atoms with Crippen molar-refractivity contribution in [1.82, 2.24) is 0 Å². The Balaban J connectivity index is 2.29. The zero-order chi connectivity index (χ0) is 17.4. The lowest BCUT2D eigenvalue weighted by Gasteiger charge is -2.13. The van der Waals surface area contributed by atoms with Crippen molar-refractivity contribution in [2.24, 2.45) is 5.92 Å². The zero-order valence-electron chi connectivity index (χ0n) is 13.6. The van der Waals surface area contributed by atoms with Crippen LogP contribution in [0.15, 0.2) is 51.7 Å². The first kappa shape index (κ1) is 19.0. The predicted molar refractivity (Wildman–Crippen MR) is 119 cm³/mol. The third kappa shape index (κ3) is 5.63. The average molecular weight is 464 g/mol. The fourth-order valence-corrected chi connectivity index (χ4v) is 3.89. The molecule has 1 N–H and O–H groups in total. The lowest BCUT2D eigenvalue weighted by atomic mass is 10.00. The van der Waals surface area contributed by atoms with Crippen LogP contribution in [0.4, 0.5) is 5.69 Å². The van der Waals surface area contributed by atoms with Crippen LogP contribution in [0.2, 0.25) is 0 Å². The van der Waals surface area contributed by atoms with Crippen LogP contribution in [0.5, 0.6) is 0 Å². The van der Waals surface area contributed by atoms with Crippen molar-refractivity contribution in [2.45, 2.75) is 20.3 Å². The van der Waals surface area contributed by atoms with Crippen LogP contribution in [0.1, 0.15) is 30.0 Å². The molecule has 24 heavy (non-hydrogen) atoms. The Kier molecular flexibility index (Phi) is 7.78. The highest BCUT2D eigenvalue weighted by Crippen LogP contribution is 2.24. The van der Waals surface area contributed by atoms with Gasteiger partial charge in [-0.2, -0.15) is 0 Å². The monoisotopic (exact) mass is 464 g/mol. The molecule has 4 heteroatoms. The summed E-state index contributed by atoms with van der Waals surface area (Å²) in [7, 11) is 0. The highest BCUT2D eigenvalue weighted by Gasteiger charge is 2.10. The van der Waals surface area contributed by atoms with E-state index in [9.17, 15) is 0 Å². The van der Waals surface area contributed by atoms with Crippen LogP contribution >= 0.6 is 33.9 Å². The predicted octanol–water partition coefficient (Wildman–Crippen LogP) is 5.22.